The maximum atomic E-state index is 13.1. The quantitative estimate of drug-likeness (QED) is 0.805. The van der Waals surface area contributed by atoms with Gasteiger partial charge in [0.05, 0.1) is 7.11 Å². The summed E-state index contributed by atoms with van der Waals surface area (Å²) in [5.41, 5.74) is 6.02. The molecule has 0 fully saturated rings. The number of hydrogen-bond donors (Lipinski definition) is 1. The van der Waals surface area contributed by atoms with Crippen molar-refractivity contribution in [1.82, 2.24) is 5.16 Å². The van der Waals surface area contributed by atoms with Crippen molar-refractivity contribution in [1.29, 1.82) is 0 Å². The second-order valence-corrected chi connectivity index (χ2v) is 3.27. The summed E-state index contributed by atoms with van der Waals surface area (Å²) in [5, 5.41) is 3.63. The predicted molar refractivity (Wildman–Crippen MR) is 57.6 cm³/mol. The van der Waals surface area contributed by atoms with Crippen LogP contribution in [0.4, 0.5) is 10.3 Å². The minimum atomic E-state index is -0.678. The van der Waals surface area contributed by atoms with E-state index in [1.165, 1.54) is 25.3 Å². The molecule has 17 heavy (non-hydrogen) atoms. The van der Waals surface area contributed by atoms with Gasteiger partial charge < -0.3 is 15.0 Å². The van der Waals surface area contributed by atoms with E-state index in [-0.39, 0.29) is 17.1 Å². The van der Waals surface area contributed by atoms with E-state index in [9.17, 15) is 9.18 Å². The lowest BCUT2D eigenvalue weighted by atomic mass is 10.1. The maximum absolute atomic E-state index is 13.1. The number of nitrogens with zero attached hydrogens (tertiary/aromatic N) is 1. The normalized spacial score (nSPS) is 10.2. The molecule has 5 nitrogen and oxygen atoms in total. The van der Waals surface area contributed by atoms with E-state index in [2.05, 4.69) is 9.89 Å². The molecule has 2 N–H and O–H groups in total. The van der Waals surface area contributed by atoms with E-state index in [4.69, 9.17) is 10.3 Å². The first-order valence-electron chi connectivity index (χ1n) is 4.73. The van der Waals surface area contributed by atoms with E-state index in [1.54, 1.807) is 6.07 Å². The molecule has 2 aromatic rings. The first-order chi connectivity index (χ1) is 8.13. The second kappa shape index (κ2) is 4.25. The summed E-state index contributed by atoms with van der Waals surface area (Å²) < 4.78 is 22.3. The summed E-state index contributed by atoms with van der Waals surface area (Å²) in [7, 11) is 1.21. The number of benzene rings is 1. The van der Waals surface area contributed by atoms with Crippen LogP contribution in [-0.2, 0) is 4.74 Å². The fourth-order valence-corrected chi connectivity index (χ4v) is 1.43. The Morgan fingerprint density at radius 2 is 2.29 bits per heavy atom. The largest absolute Gasteiger partial charge is 0.465 e. The van der Waals surface area contributed by atoms with Crippen molar-refractivity contribution in [3.63, 3.8) is 0 Å². The van der Waals surface area contributed by atoms with Crippen LogP contribution >= 0.6 is 0 Å². The van der Waals surface area contributed by atoms with Crippen molar-refractivity contribution in [2.75, 3.05) is 12.8 Å². The maximum Gasteiger partial charge on any atom is 0.345 e. The van der Waals surface area contributed by atoms with Crippen LogP contribution in [-0.4, -0.2) is 18.2 Å². The molecule has 1 aromatic heterocycles. The predicted octanol–water partition coefficient (Wildman–Crippen LogP) is 1.85. The molecule has 88 valence electrons. The molecule has 0 atom stereocenters. The van der Waals surface area contributed by atoms with E-state index in [0.29, 0.717) is 5.56 Å². The van der Waals surface area contributed by atoms with E-state index >= 15 is 0 Å². The number of ether oxygens (including phenoxy) is 1. The number of hydrogen-bond acceptors (Lipinski definition) is 5. The highest BCUT2D eigenvalue weighted by Gasteiger charge is 2.23. The Balaban J connectivity index is 2.57. The van der Waals surface area contributed by atoms with E-state index < -0.39 is 11.8 Å². The summed E-state index contributed by atoms with van der Waals surface area (Å²) in [6.07, 6.45) is 0. The topological polar surface area (TPSA) is 78.3 Å². The monoisotopic (exact) mass is 236 g/mol. The molecule has 0 aliphatic heterocycles. The Morgan fingerprint density at radius 1 is 1.53 bits per heavy atom. The second-order valence-electron chi connectivity index (χ2n) is 3.27. The minimum Gasteiger partial charge on any atom is -0.465 e. The molecule has 0 aliphatic rings. The number of rotatable bonds is 2. The van der Waals surface area contributed by atoms with Crippen molar-refractivity contribution in [3.8, 4) is 11.3 Å². The molecule has 0 aliphatic carbocycles. The van der Waals surface area contributed by atoms with Crippen LogP contribution in [0.1, 0.15) is 10.4 Å². The summed E-state index contributed by atoms with van der Waals surface area (Å²) in [6, 6.07) is 5.60. The summed E-state index contributed by atoms with van der Waals surface area (Å²) in [6.45, 7) is 0. The Labute approximate surface area is 96.0 Å². The smallest absolute Gasteiger partial charge is 0.345 e. The number of nitrogen functional groups attached to an aromatic ring is 1. The van der Waals surface area contributed by atoms with Crippen molar-refractivity contribution < 1.29 is 18.4 Å². The van der Waals surface area contributed by atoms with Gasteiger partial charge in [-0.05, 0) is 12.1 Å². The first kappa shape index (κ1) is 11.1. The van der Waals surface area contributed by atoms with Crippen LogP contribution in [0, 0.1) is 5.82 Å². The molecule has 0 radical (unpaired) electrons. The van der Waals surface area contributed by atoms with Crippen molar-refractivity contribution in [2.45, 2.75) is 0 Å². The Kier molecular flexibility index (Phi) is 2.78. The third kappa shape index (κ3) is 1.96. The van der Waals surface area contributed by atoms with Gasteiger partial charge in [0.25, 0.3) is 0 Å². The molecular weight excluding hydrogens is 227 g/mol. The number of halogens is 1. The third-order valence-electron chi connectivity index (χ3n) is 2.21. The Bertz CT molecular complexity index is 566. The lowest BCUT2D eigenvalue weighted by molar-refractivity contribution is 0.0602. The minimum absolute atomic E-state index is 0.00176. The van der Waals surface area contributed by atoms with Crippen LogP contribution in [0.5, 0.6) is 0 Å². The first-order valence-corrected chi connectivity index (χ1v) is 4.73. The average Bonchev–Trinajstić information content (AvgIpc) is 2.70. The van der Waals surface area contributed by atoms with Gasteiger partial charge in [0, 0.05) is 5.56 Å². The van der Waals surface area contributed by atoms with Gasteiger partial charge in [-0.15, -0.1) is 0 Å². The molecule has 0 saturated heterocycles. The lowest BCUT2D eigenvalue weighted by Gasteiger charge is -2.00. The number of esters is 1. The van der Waals surface area contributed by atoms with Crippen LogP contribution in [0.15, 0.2) is 28.8 Å². The number of methoxy groups -OCH3 is 1. The highest BCUT2D eigenvalue weighted by Crippen LogP contribution is 2.27. The number of anilines is 1. The molecule has 1 heterocycles. The Morgan fingerprint density at radius 3 is 2.94 bits per heavy atom. The average molecular weight is 236 g/mol. The number of carbonyl (C=O) groups excluding carboxylic acids is 1. The molecule has 0 amide bonds. The zero-order valence-corrected chi connectivity index (χ0v) is 8.94. The van der Waals surface area contributed by atoms with Crippen LogP contribution in [0.2, 0.25) is 0 Å². The molecule has 6 heteroatoms. The highest BCUT2D eigenvalue weighted by atomic mass is 19.1. The van der Waals surface area contributed by atoms with Crippen molar-refractivity contribution in [3.05, 3.63) is 35.6 Å². The summed E-state index contributed by atoms with van der Waals surface area (Å²) in [4.78, 5) is 11.5. The Hall–Kier alpha value is -2.37. The van der Waals surface area contributed by atoms with E-state index in [0.717, 1.165) is 0 Å². The number of carbonyl (C=O) groups is 1. The van der Waals surface area contributed by atoms with Gasteiger partial charge in [0.15, 0.2) is 5.56 Å². The summed E-state index contributed by atoms with van der Waals surface area (Å²) >= 11 is 0. The van der Waals surface area contributed by atoms with Crippen molar-refractivity contribution in [2.24, 2.45) is 0 Å². The molecule has 0 bridgehead atoms. The number of nitrogens with two attached hydrogens (primary N) is 1. The summed E-state index contributed by atoms with van der Waals surface area (Å²) in [5.74, 6) is -1.28. The van der Waals surface area contributed by atoms with Crippen molar-refractivity contribution >= 4 is 11.9 Å². The van der Waals surface area contributed by atoms with Gasteiger partial charge in [-0.2, -0.15) is 0 Å². The molecule has 0 unspecified atom stereocenters. The van der Waals surface area contributed by atoms with Gasteiger partial charge in [-0.3, -0.25) is 0 Å². The van der Waals surface area contributed by atoms with Gasteiger partial charge in [-0.1, -0.05) is 17.3 Å². The number of aromatic nitrogens is 1. The van der Waals surface area contributed by atoms with Gasteiger partial charge in [-0.25, -0.2) is 9.18 Å². The standard InChI is InChI=1S/C11H9FN2O3/c1-16-11(15)8-9(14-17-10(8)13)6-3-2-4-7(12)5-6/h2-5H,13H2,1H3. The fraction of sp³-hybridized carbons (Fsp3) is 0.0909. The molecule has 0 saturated carbocycles. The van der Waals surface area contributed by atoms with Gasteiger partial charge in [0.1, 0.15) is 11.5 Å². The van der Waals surface area contributed by atoms with Gasteiger partial charge in [0.2, 0.25) is 5.88 Å². The SMILES string of the molecule is COC(=O)c1c(-c2cccc(F)c2)noc1N. The lowest BCUT2D eigenvalue weighted by Crippen LogP contribution is -2.04. The highest BCUT2D eigenvalue weighted by molar-refractivity contribution is 6.00. The zero-order valence-electron chi connectivity index (χ0n) is 8.94. The fourth-order valence-electron chi connectivity index (χ4n) is 1.43. The molecule has 2 rings (SSSR count). The van der Waals surface area contributed by atoms with Gasteiger partial charge >= 0.3 is 5.97 Å². The third-order valence-corrected chi connectivity index (χ3v) is 2.21. The van der Waals surface area contributed by atoms with E-state index in [1.807, 2.05) is 0 Å². The molecular formula is C11H9FN2O3. The molecule has 1 aromatic carbocycles. The van der Waals surface area contributed by atoms with Crippen LogP contribution in [0.25, 0.3) is 11.3 Å². The van der Waals surface area contributed by atoms with Crippen LogP contribution in [0.3, 0.4) is 0 Å². The molecule has 0 spiro atoms. The van der Waals surface area contributed by atoms with Crippen LogP contribution < -0.4 is 5.73 Å². The zero-order chi connectivity index (χ0) is 12.4.